The molecule has 0 spiro atoms. The van der Waals surface area contributed by atoms with Crippen molar-refractivity contribution < 1.29 is 23.9 Å². The number of benzene rings is 1. The van der Waals surface area contributed by atoms with E-state index < -0.39 is 17.3 Å². The summed E-state index contributed by atoms with van der Waals surface area (Å²) >= 11 is 1.21. The Hall–Kier alpha value is -2.06. The minimum absolute atomic E-state index is 0.0920. The first-order chi connectivity index (χ1) is 14.0. The Morgan fingerprint density at radius 3 is 2.59 bits per heavy atom. The molecule has 1 fully saturated rings. The van der Waals surface area contributed by atoms with E-state index in [2.05, 4.69) is 6.92 Å². The van der Waals surface area contributed by atoms with Crippen molar-refractivity contribution in [1.82, 2.24) is 0 Å². The van der Waals surface area contributed by atoms with Gasteiger partial charge in [-0.3, -0.25) is 14.4 Å². The Balaban J connectivity index is 1.88. The van der Waals surface area contributed by atoms with Crippen LogP contribution in [-0.2, 0) is 19.1 Å². The highest BCUT2D eigenvalue weighted by Gasteiger charge is 2.40. The minimum atomic E-state index is -0.814. The van der Waals surface area contributed by atoms with Crippen LogP contribution in [0.4, 0.5) is 5.69 Å². The van der Waals surface area contributed by atoms with Crippen molar-refractivity contribution in [2.75, 3.05) is 23.9 Å². The van der Waals surface area contributed by atoms with Gasteiger partial charge in [-0.1, -0.05) is 26.2 Å². The molecule has 1 heterocycles. The number of imide groups is 1. The normalized spacial score (nSPS) is 17.5. The molecule has 0 saturated carbocycles. The van der Waals surface area contributed by atoms with Crippen LogP contribution in [0.15, 0.2) is 24.3 Å². The summed E-state index contributed by atoms with van der Waals surface area (Å²) < 4.78 is 10.6. The standard InChI is InChI=1S/C21H30N2O5S/c1-3-5-6-7-12-28-16-10-8-15(9-11-16)23-19(24)13-18(20(23)25)29-14-17(22)21(26)27-4-2/h8-11,17-18H,3-7,12-14,22H2,1-2H3/t17-,18?/m0/s1. The average molecular weight is 423 g/mol. The van der Waals surface area contributed by atoms with Gasteiger partial charge >= 0.3 is 5.97 Å². The van der Waals surface area contributed by atoms with E-state index in [9.17, 15) is 14.4 Å². The first kappa shape index (κ1) is 23.2. The van der Waals surface area contributed by atoms with Crippen molar-refractivity contribution in [3.63, 3.8) is 0 Å². The lowest BCUT2D eigenvalue weighted by Gasteiger charge is -2.16. The van der Waals surface area contributed by atoms with Gasteiger partial charge in [-0.2, -0.15) is 0 Å². The molecule has 2 atom stereocenters. The summed E-state index contributed by atoms with van der Waals surface area (Å²) in [6.45, 7) is 4.78. The van der Waals surface area contributed by atoms with Crippen LogP contribution in [0.1, 0.15) is 46.0 Å². The summed E-state index contributed by atoms with van der Waals surface area (Å²) in [5.41, 5.74) is 6.30. The molecule has 1 saturated heterocycles. The Labute approximate surface area is 176 Å². The molecule has 1 aromatic rings. The zero-order valence-electron chi connectivity index (χ0n) is 17.1. The summed E-state index contributed by atoms with van der Waals surface area (Å²) in [6.07, 6.45) is 4.62. The van der Waals surface area contributed by atoms with Gasteiger partial charge in [0.1, 0.15) is 11.8 Å². The molecule has 1 aromatic carbocycles. The van der Waals surface area contributed by atoms with Gasteiger partial charge in [-0.05, 0) is 37.6 Å². The molecule has 1 aliphatic heterocycles. The number of hydrogen-bond donors (Lipinski definition) is 1. The van der Waals surface area contributed by atoms with Crippen molar-refractivity contribution in [3.05, 3.63) is 24.3 Å². The Morgan fingerprint density at radius 1 is 1.21 bits per heavy atom. The van der Waals surface area contributed by atoms with Crippen LogP contribution < -0.4 is 15.4 Å². The third-order valence-corrected chi connectivity index (χ3v) is 5.86. The first-order valence-electron chi connectivity index (χ1n) is 10.1. The molecule has 8 heteroatoms. The van der Waals surface area contributed by atoms with Crippen molar-refractivity contribution in [2.24, 2.45) is 5.73 Å². The van der Waals surface area contributed by atoms with Crippen LogP contribution >= 0.6 is 11.8 Å². The number of anilines is 1. The zero-order valence-corrected chi connectivity index (χ0v) is 17.9. The molecule has 1 unspecified atom stereocenters. The predicted molar refractivity (Wildman–Crippen MR) is 114 cm³/mol. The van der Waals surface area contributed by atoms with Crippen molar-refractivity contribution >= 4 is 35.2 Å². The summed E-state index contributed by atoms with van der Waals surface area (Å²) in [7, 11) is 0. The SMILES string of the molecule is CCCCCCOc1ccc(N2C(=O)CC(SC[C@H](N)C(=O)OCC)C2=O)cc1. The number of unbranched alkanes of at least 4 members (excludes halogenated alkanes) is 3. The maximum atomic E-state index is 12.7. The molecule has 0 aromatic heterocycles. The number of nitrogens with two attached hydrogens (primary N) is 1. The summed E-state index contributed by atoms with van der Waals surface area (Å²) in [4.78, 5) is 37.8. The molecular formula is C21H30N2O5S. The fourth-order valence-corrected chi connectivity index (χ4v) is 4.04. The van der Waals surface area contributed by atoms with Crippen LogP contribution in [0.2, 0.25) is 0 Å². The van der Waals surface area contributed by atoms with Crippen molar-refractivity contribution in [1.29, 1.82) is 0 Å². The lowest BCUT2D eigenvalue weighted by atomic mass is 10.2. The number of nitrogens with zero attached hydrogens (tertiary/aromatic N) is 1. The lowest BCUT2D eigenvalue weighted by Crippen LogP contribution is -2.36. The Bertz CT molecular complexity index is 695. The fourth-order valence-electron chi connectivity index (χ4n) is 2.95. The van der Waals surface area contributed by atoms with Crippen molar-refractivity contribution in [3.8, 4) is 5.75 Å². The van der Waals surface area contributed by atoms with Crippen LogP contribution in [-0.4, -0.2) is 48.0 Å². The molecule has 2 amide bonds. The molecule has 2 rings (SSSR count). The van der Waals surface area contributed by atoms with Gasteiger partial charge in [0.05, 0.1) is 24.2 Å². The quantitative estimate of drug-likeness (QED) is 0.314. The third kappa shape index (κ3) is 6.75. The van der Waals surface area contributed by atoms with E-state index in [1.165, 1.54) is 29.5 Å². The van der Waals surface area contributed by atoms with E-state index in [1.54, 1.807) is 31.2 Å². The van der Waals surface area contributed by atoms with Crippen LogP contribution in [0, 0.1) is 0 Å². The number of thioether (sulfide) groups is 1. The maximum absolute atomic E-state index is 12.7. The van der Waals surface area contributed by atoms with E-state index in [1.807, 2.05) is 0 Å². The van der Waals surface area contributed by atoms with Gasteiger partial charge in [0.25, 0.3) is 0 Å². The van der Waals surface area contributed by atoms with E-state index in [-0.39, 0.29) is 30.6 Å². The highest BCUT2D eigenvalue weighted by molar-refractivity contribution is 8.00. The zero-order chi connectivity index (χ0) is 21.2. The van der Waals surface area contributed by atoms with E-state index in [0.717, 1.165) is 18.6 Å². The first-order valence-corrected chi connectivity index (χ1v) is 11.2. The molecule has 2 N–H and O–H groups in total. The smallest absolute Gasteiger partial charge is 0.323 e. The Kier molecular flexibility index (Phi) is 9.47. The molecule has 29 heavy (non-hydrogen) atoms. The highest BCUT2D eigenvalue weighted by Crippen LogP contribution is 2.31. The number of esters is 1. The maximum Gasteiger partial charge on any atom is 0.323 e. The number of ether oxygens (including phenoxy) is 2. The van der Waals surface area contributed by atoms with Crippen LogP contribution in [0.5, 0.6) is 5.75 Å². The largest absolute Gasteiger partial charge is 0.494 e. The molecule has 0 radical (unpaired) electrons. The highest BCUT2D eigenvalue weighted by atomic mass is 32.2. The van der Waals surface area contributed by atoms with Crippen LogP contribution in [0.25, 0.3) is 0 Å². The summed E-state index contributed by atoms with van der Waals surface area (Å²) in [5, 5.41) is -0.544. The topological polar surface area (TPSA) is 98.9 Å². The molecule has 160 valence electrons. The van der Waals surface area contributed by atoms with Gasteiger partial charge in [-0.15, -0.1) is 11.8 Å². The monoisotopic (exact) mass is 422 g/mol. The Morgan fingerprint density at radius 2 is 1.93 bits per heavy atom. The molecule has 7 nitrogen and oxygen atoms in total. The lowest BCUT2D eigenvalue weighted by molar-refractivity contribution is -0.144. The summed E-state index contributed by atoms with van der Waals surface area (Å²) in [5.74, 6) is -0.106. The molecule has 0 aliphatic carbocycles. The second kappa shape index (κ2) is 11.8. The van der Waals surface area contributed by atoms with Gasteiger partial charge < -0.3 is 15.2 Å². The molecular weight excluding hydrogens is 392 g/mol. The van der Waals surface area contributed by atoms with Crippen molar-refractivity contribution in [2.45, 2.75) is 57.2 Å². The third-order valence-electron chi connectivity index (χ3n) is 4.53. The van der Waals surface area contributed by atoms with E-state index in [0.29, 0.717) is 12.3 Å². The van der Waals surface area contributed by atoms with Gasteiger partial charge in [-0.25, -0.2) is 4.90 Å². The van der Waals surface area contributed by atoms with Gasteiger partial charge in [0.2, 0.25) is 11.8 Å². The number of amides is 2. The molecule has 1 aliphatic rings. The van der Waals surface area contributed by atoms with E-state index in [4.69, 9.17) is 15.2 Å². The molecule has 0 bridgehead atoms. The second-order valence-electron chi connectivity index (χ2n) is 6.86. The number of rotatable bonds is 12. The summed E-state index contributed by atoms with van der Waals surface area (Å²) in [6, 6.07) is 6.16. The fraction of sp³-hybridized carbons (Fsp3) is 0.571. The van der Waals surface area contributed by atoms with Crippen LogP contribution in [0.3, 0.4) is 0 Å². The minimum Gasteiger partial charge on any atom is -0.494 e. The predicted octanol–water partition coefficient (Wildman–Crippen LogP) is 2.90. The van der Waals surface area contributed by atoms with Gasteiger partial charge in [0, 0.05) is 12.2 Å². The number of hydrogen-bond acceptors (Lipinski definition) is 7. The number of carbonyl (C=O) groups is 3. The second-order valence-corrected chi connectivity index (χ2v) is 8.09. The van der Waals surface area contributed by atoms with E-state index >= 15 is 0 Å². The average Bonchev–Trinajstić information content (AvgIpc) is 3.00. The van der Waals surface area contributed by atoms with Gasteiger partial charge in [0.15, 0.2) is 0 Å². The number of carbonyl (C=O) groups excluding carboxylic acids is 3.